The van der Waals surface area contributed by atoms with E-state index in [9.17, 15) is 0 Å². The second-order valence-corrected chi connectivity index (χ2v) is 5.50. The molecule has 18 heavy (non-hydrogen) atoms. The molecule has 0 amide bonds. The highest BCUT2D eigenvalue weighted by Gasteiger charge is 2.09. The van der Waals surface area contributed by atoms with Crippen LogP contribution in [-0.2, 0) is 13.6 Å². The van der Waals surface area contributed by atoms with Crippen molar-refractivity contribution in [2.75, 3.05) is 5.32 Å². The summed E-state index contributed by atoms with van der Waals surface area (Å²) in [5.74, 6) is 0. The van der Waals surface area contributed by atoms with Gasteiger partial charge in [0.2, 0.25) is 0 Å². The van der Waals surface area contributed by atoms with Crippen LogP contribution in [0.1, 0.15) is 22.5 Å². The van der Waals surface area contributed by atoms with Gasteiger partial charge < -0.3 is 5.32 Å². The highest BCUT2D eigenvalue weighted by atomic mass is 79.9. The fourth-order valence-electron chi connectivity index (χ4n) is 2.08. The molecule has 0 atom stereocenters. The summed E-state index contributed by atoms with van der Waals surface area (Å²) in [6.07, 6.45) is 0. The molecule has 96 valence electrons. The number of aryl methyl sites for hydroxylation is 3. The number of rotatable bonds is 3. The molecule has 3 nitrogen and oxygen atoms in total. The minimum Gasteiger partial charge on any atom is -0.381 e. The molecule has 0 radical (unpaired) electrons. The van der Waals surface area contributed by atoms with Crippen molar-refractivity contribution >= 4 is 21.6 Å². The van der Waals surface area contributed by atoms with Gasteiger partial charge in [-0.3, -0.25) is 4.68 Å². The number of nitrogens with one attached hydrogen (secondary N) is 1. The number of benzene rings is 1. The Bertz CT molecular complexity index is 573. The Morgan fingerprint density at radius 2 is 2.00 bits per heavy atom. The molecule has 1 aromatic carbocycles. The zero-order valence-electron chi connectivity index (χ0n) is 11.2. The van der Waals surface area contributed by atoms with Crippen molar-refractivity contribution in [3.63, 3.8) is 0 Å². The van der Waals surface area contributed by atoms with E-state index in [1.807, 2.05) is 11.7 Å². The zero-order valence-corrected chi connectivity index (χ0v) is 12.8. The van der Waals surface area contributed by atoms with Crippen molar-refractivity contribution in [2.45, 2.75) is 27.3 Å². The third-order valence-electron chi connectivity index (χ3n) is 3.30. The molecule has 0 aliphatic heterocycles. The van der Waals surface area contributed by atoms with Gasteiger partial charge in [0.15, 0.2) is 0 Å². The van der Waals surface area contributed by atoms with Gasteiger partial charge in [0.05, 0.1) is 5.69 Å². The minimum atomic E-state index is 0.813. The monoisotopic (exact) mass is 307 g/mol. The maximum atomic E-state index is 4.43. The number of hydrogen-bond donors (Lipinski definition) is 1. The summed E-state index contributed by atoms with van der Waals surface area (Å²) in [5, 5.41) is 7.91. The highest BCUT2D eigenvalue weighted by molar-refractivity contribution is 9.10. The minimum absolute atomic E-state index is 0.813. The van der Waals surface area contributed by atoms with Gasteiger partial charge in [-0.2, -0.15) is 5.10 Å². The summed E-state index contributed by atoms with van der Waals surface area (Å²) < 4.78 is 3.04. The van der Waals surface area contributed by atoms with Crippen LogP contribution in [0.15, 0.2) is 22.7 Å². The molecular formula is C14H18BrN3. The topological polar surface area (TPSA) is 29.9 Å². The largest absolute Gasteiger partial charge is 0.381 e. The van der Waals surface area contributed by atoms with E-state index in [2.05, 4.69) is 65.3 Å². The number of nitrogens with zero attached hydrogens (tertiary/aromatic N) is 2. The van der Waals surface area contributed by atoms with Crippen LogP contribution in [0.3, 0.4) is 0 Å². The molecule has 1 aromatic heterocycles. The van der Waals surface area contributed by atoms with E-state index in [1.54, 1.807) is 0 Å². The predicted molar refractivity (Wildman–Crippen MR) is 78.9 cm³/mol. The van der Waals surface area contributed by atoms with Gasteiger partial charge in [0, 0.05) is 35.0 Å². The normalized spacial score (nSPS) is 10.7. The first kappa shape index (κ1) is 13.1. The van der Waals surface area contributed by atoms with Crippen LogP contribution in [0.25, 0.3) is 0 Å². The van der Waals surface area contributed by atoms with Gasteiger partial charge in [-0.05, 0) is 44.5 Å². The fraction of sp³-hybridized carbons (Fsp3) is 0.357. The van der Waals surface area contributed by atoms with Gasteiger partial charge in [0.1, 0.15) is 0 Å². The number of aromatic nitrogens is 2. The van der Waals surface area contributed by atoms with Gasteiger partial charge >= 0.3 is 0 Å². The van der Waals surface area contributed by atoms with Crippen LogP contribution >= 0.6 is 15.9 Å². The van der Waals surface area contributed by atoms with Crippen LogP contribution in [0, 0.1) is 20.8 Å². The lowest BCUT2D eigenvalue weighted by molar-refractivity contribution is 0.730. The van der Waals surface area contributed by atoms with Crippen molar-refractivity contribution in [3.8, 4) is 0 Å². The Kier molecular flexibility index (Phi) is 3.76. The molecule has 0 saturated carbocycles. The molecule has 1 heterocycles. The van der Waals surface area contributed by atoms with Gasteiger partial charge in [-0.25, -0.2) is 0 Å². The predicted octanol–water partition coefficient (Wildman–Crippen LogP) is 3.72. The van der Waals surface area contributed by atoms with E-state index in [0.717, 1.165) is 16.7 Å². The Balaban J connectivity index is 2.16. The Labute approximate surface area is 116 Å². The lowest BCUT2D eigenvalue weighted by Gasteiger charge is -2.10. The summed E-state index contributed by atoms with van der Waals surface area (Å²) in [4.78, 5) is 0. The molecule has 4 heteroatoms. The van der Waals surface area contributed by atoms with Crippen LogP contribution in [0.2, 0.25) is 0 Å². The number of hydrogen-bond acceptors (Lipinski definition) is 2. The van der Waals surface area contributed by atoms with Gasteiger partial charge in [-0.15, -0.1) is 0 Å². The zero-order chi connectivity index (χ0) is 13.3. The van der Waals surface area contributed by atoms with Crippen LogP contribution in [0.5, 0.6) is 0 Å². The number of anilines is 1. The van der Waals surface area contributed by atoms with Crippen LogP contribution in [-0.4, -0.2) is 9.78 Å². The smallest absolute Gasteiger partial charge is 0.0646 e. The van der Waals surface area contributed by atoms with E-state index in [1.165, 1.54) is 22.5 Å². The lowest BCUT2D eigenvalue weighted by atomic mass is 10.1. The van der Waals surface area contributed by atoms with E-state index in [-0.39, 0.29) is 0 Å². The third kappa shape index (κ3) is 2.58. The van der Waals surface area contributed by atoms with E-state index < -0.39 is 0 Å². The van der Waals surface area contributed by atoms with Crippen molar-refractivity contribution < 1.29 is 0 Å². The van der Waals surface area contributed by atoms with Crippen molar-refractivity contribution in [1.82, 2.24) is 9.78 Å². The first-order valence-corrected chi connectivity index (χ1v) is 6.77. The Hall–Kier alpha value is -1.29. The third-order valence-corrected chi connectivity index (χ3v) is 3.80. The van der Waals surface area contributed by atoms with E-state index >= 15 is 0 Å². The first-order valence-electron chi connectivity index (χ1n) is 5.98. The molecular weight excluding hydrogens is 290 g/mol. The molecule has 0 fully saturated rings. The molecule has 0 aliphatic carbocycles. The number of halogens is 1. The van der Waals surface area contributed by atoms with Crippen LogP contribution in [0.4, 0.5) is 5.69 Å². The quantitative estimate of drug-likeness (QED) is 0.936. The standard InChI is InChI=1S/C14H18BrN3/c1-9-7-12(15)5-6-14(9)16-8-13-10(2)17-18(4)11(13)3/h5-7,16H,8H2,1-4H3. The molecule has 0 bridgehead atoms. The van der Waals surface area contributed by atoms with E-state index in [0.29, 0.717) is 0 Å². The molecule has 1 N–H and O–H groups in total. The van der Waals surface area contributed by atoms with E-state index in [4.69, 9.17) is 0 Å². The van der Waals surface area contributed by atoms with Crippen molar-refractivity contribution in [3.05, 3.63) is 45.2 Å². The Morgan fingerprint density at radius 3 is 2.56 bits per heavy atom. The SMILES string of the molecule is Cc1cc(Br)ccc1NCc1c(C)nn(C)c1C. The van der Waals surface area contributed by atoms with Crippen molar-refractivity contribution in [2.24, 2.45) is 7.05 Å². The first-order chi connectivity index (χ1) is 8.49. The summed E-state index contributed by atoms with van der Waals surface area (Å²) in [6, 6.07) is 6.27. The average molecular weight is 308 g/mol. The summed E-state index contributed by atoms with van der Waals surface area (Å²) in [7, 11) is 1.98. The van der Waals surface area contributed by atoms with Crippen molar-refractivity contribution in [1.29, 1.82) is 0 Å². The summed E-state index contributed by atoms with van der Waals surface area (Å²) >= 11 is 3.48. The maximum Gasteiger partial charge on any atom is 0.0646 e. The highest BCUT2D eigenvalue weighted by Crippen LogP contribution is 2.21. The maximum absolute atomic E-state index is 4.43. The van der Waals surface area contributed by atoms with Crippen LogP contribution < -0.4 is 5.32 Å². The molecule has 0 spiro atoms. The summed E-state index contributed by atoms with van der Waals surface area (Å²) in [5.41, 5.74) is 6.00. The lowest BCUT2D eigenvalue weighted by Crippen LogP contribution is -2.03. The molecule has 2 rings (SSSR count). The molecule has 0 saturated heterocycles. The molecule has 0 aliphatic rings. The molecule has 0 unspecified atom stereocenters. The average Bonchev–Trinajstić information content (AvgIpc) is 2.53. The van der Waals surface area contributed by atoms with Gasteiger partial charge in [-0.1, -0.05) is 15.9 Å². The fourth-order valence-corrected chi connectivity index (χ4v) is 2.56. The second-order valence-electron chi connectivity index (χ2n) is 4.59. The second kappa shape index (κ2) is 5.14. The Morgan fingerprint density at radius 1 is 1.28 bits per heavy atom. The molecule has 2 aromatic rings. The summed E-state index contributed by atoms with van der Waals surface area (Å²) in [6.45, 7) is 7.08. The van der Waals surface area contributed by atoms with Gasteiger partial charge in [0.25, 0.3) is 0 Å².